The van der Waals surface area contributed by atoms with Crippen molar-refractivity contribution >= 4 is 0 Å². The lowest BCUT2D eigenvalue weighted by atomic mass is 10.1. The van der Waals surface area contributed by atoms with Crippen LogP contribution in [0.4, 0.5) is 0 Å². The van der Waals surface area contributed by atoms with E-state index < -0.39 is 0 Å². The lowest BCUT2D eigenvalue weighted by molar-refractivity contribution is 0.110. The SMILES string of the molecule is c1ccc(-c2cc(-c3ccccc3)n(CN(Cn3nc(-c4ccccc4)cc3-c3ccccc3)Cn3nc(-c4ccccc4)cc3-c3ccccc3)n2)cc1. The summed E-state index contributed by atoms with van der Waals surface area (Å²) >= 11 is 0. The summed E-state index contributed by atoms with van der Waals surface area (Å²) in [5, 5.41) is 15.8. The Morgan fingerprint density at radius 1 is 0.291 bits per heavy atom. The Bertz CT molecular complexity index is 2300. The van der Waals surface area contributed by atoms with Crippen LogP contribution in [0, 0.1) is 0 Å². The lowest BCUT2D eigenvalue weighted by Gasteiger charge is -2.25. The molecule has 7 heteroatoms. The zero-order valence-corrected chi connectivity index (χ0v) is 30.3. The van der Waals surface area contributed by atoms with Gasteiger partial charge in [-0.2, -0.15) is 15.3 Å². The molecular formula is C48H39N7. The van der Waals surface area contributed by atoms with Crippen LogP contribution < -0.4 is 0 Å². The van der Waals surface area contributed by atoms with E-state index in [1.807, 2.05) is 18.2 Å². The smallest absolute Gasteiger partial charge is 0.0965 e. The summed E-state index contributed by atoms with van der Waals surface area (Å²) in [5.41, 5.74) is 12.4. The van der Waals surface area contributed by atoms with E-state index in [1.54, 1.807) is 0 Å². The van der Waals surface area contributed by atoms with Gasteiger partial charge in [0.15, 0.2) is 0 Å². The van der Waals surface area contributed by atoms with Gasteiger partial charge in [0.25, 0.3) is 0 Å². The van der Waals surface area contributed by atoms with Crippen LogP contribution >= 0.6 is 0 Å². The minimum absolute atomic E-state index is 0.473. The molecule has 0 unspecified atom stereocenters. The van der Waals surface area contributed by atoms with Crippen molar-refractivity contribution < 1.29 is 0 Å². The molecule has 0 bridgehead atoms. The molecule has 6 aromatic carbocycles. The summed E-state index contributed by atoms with van der Waals surface area (Å²) in [6, 6.07) is 69.2. The molecule has 9 rings (SSSR count). The highest BCUT2D eigenvalue weighted by atomic mass is 15.5. The Morgan fingerprint density at radius 2 is 0.509 bits per heavy atom. The third kappa shape index (κ3) is 7.42. The Kier molecular flexibility index (Phi) is 9.49. The number of aromatic nitrogens is 6. The molecule has 0 fully saturated rings. The average Bonchev–Trinajstić information content (AvgIpc) is 4.00. The summed E-state index contributed by atoms with van der Waals surface area (Å²) in [6.45, 7) is 1.42. The molecule has 0 saturated heterocycles. The van der Waals surface area contributed by atoms with Crippen molar-refractivity contribution in [1.82, 2.24) is 34.2 Å². The van der Waals surface area contributed by atoms with Crippen molar-refractivity contribution in [3.63, 3.8) is 0 Å². The van der Waals surface area contributed by atoms with Gasteiger partial charge in [0.1, 0.15) is 0 Å². The molecule has 3 aromatic heterocycles. The van der Waals surface area contributed by atoms with Crippen LogP contribution in [0.3, 0.4) is 0 Å². The van der Waals surface area contributed by atoms with Crippen LogP contribution in [-0.2, 0) is 20.0 Å². The zero-order valence-electron chi connectivity index (χ0n) is 30.3. The molecule has 3 heterocycles. The topological polar surface area (TPSA) is 56.7 Å². The third-order valence-corrected chi connectivity index (χ3v) is 9.76. The van der Waals surface area contributed by atoms with Crippen molar-refractivity contribution in [3.05, 3.63) is 200 Å². The Labute approximate surface area is 321 Å². The minimum atomic E-state index is 0.473. The first kappa shape index (κ1) is 33.7. The quantitative estimate of drug-likeness (QED) is 0.126. The largest absolute Gasteiger partial charge is 0.250 e. The highest BCUT2D eigenvalue weighted by molar-refractivity contribution is 5.71. The zero-order chi connectivity index (χ0) is 36.8. The fourth-order valence-corrected chi connectivity index (χ4v) is 7.05. The molecule has 0 N–H and O–H groups in total. The molecule has 0 aliphatic rings. The highest BCUT2D eigenvalue weighted by Crippen LogP contribution is 2.31. The fraction of sp³-hybridized carbons (Fsp3) is 0.0625. The van der Waals surface area contributed by atoms with Crippen LogP contribution in [0.25, 0.3) is 67.5 Å². The predicted octanol–water partition coefficient (Wildman–Crippen LogP) is 10.9. The first-order chi connectivity index (χ1) is 27.2. The number of hydrogen-bond acceptors (Lipinski definition) is 4. The first-order valence-corrected chi connectivity index (χ1v) is 18.5. The third-order valence-electron chi connectivity index (χ3n) is 9.76. The standard InChI is InChI=1S/C48H39N7/c1-7-19-37(20-8-1)43-31-46(40-25-13-4-14-26-40)53(49-43)34-52(35-54-47(41-27-15-5-16-28-41)32-44(50-54)38-21-9-2-10-22-38)36-55-48(42-29-17-6-18-30-42)33-45(51-55)39-23-11-3-12-24-39/h1-33H,34-36H2. The fourth-order valence-electron chi connectivity index (χ4n) is 7.05. The van der Waals surface area contributed by atoms with Gasteiger partial charge >= 0.3 is 0 Å². The summed E-state index contributed by atoms with van der Waals surface area (Å²) in [5.74, 6) is 0. The van der Waals surface area contributed by atoms with E-state index in [2.05, 4.69) is 201 Å². The molecule has 55 heavy (non-hydrogen) atoms. The van der Waals surface area contributed by atoms with Gasteiger partial charge in [-0.1, -0.05) is 182 Å². The number of benzene rings is 6. The Hall–Kier alpha value is -7.09. The second-order valence-corrected chi connectivity index (χ2v) is 13.5. The molecule has 9 aromatic rings. The molecule has 0 atom stereocenters. The van der Waals surface area contributed by atoms with Crippen molar-refractivity contribution in [3.8, 4) is 67.5 Å². The Balaban J connectivity index is 1.18. The van der Waals surface area contributed by atoms with Gasteiger partial charge in [0.05, 0.1) is 54.2 Å². The summed E-state index contributed by atoms with van der Waals surface area (Å²) in [6.07, 6.45) is 0. The van der Waals surface area contributed by atoms with Crippen molar-refractivity contribution in [2.24, 2.45) is 0 Å². The summed E-state index contributed by atoms with van der Waals surface area (Å²) in [7, 11) is 0. The predicted molar refractivity (Wildman–Crippen MR) is 221 cm³/mol. The maximum atomic E-state index is 5.26. The lowest BCUT2D eigenvalue weighted by Crippen LogP contribution is -2.33. The number of nitrogens with zero attached hydrogens (tertiary/aromatic N) is 7. The summed E-state index contributed by atoms with van der Waals surface area (Å²) in [4.78, 5) is 2.36. The monoisotopic (exact) mass is 713 g/mol. The van der Waals surface area contributed by atoms with Gasteiger partial charge in [-0.05, 0) is 34.9 Å². The molecule has 266 valence electrons. The first-order valence-electron chi connectivity index (χ1n) is 18.5. The van der Waals surface area contributed by atoms with Gasteiger partial charge in [-0.25, -0.2) is 18.9 Å². The van der Waals surface area contributed by atoms with Crippen LogP contribution in [0.2, 0.25) is 0 Å². The van der Waals surface area contributed by atoms with Crippen molar-refractivity contribution in [2.45, 2.75) is 20.0 Å². The normalized spacial score (nSPS) is 11.3. The van der Waals surface area contributed by atoms with E-state index in [4.69, 9.17) is 15.3 Å². The van der Waals surface area contributed by atoms with Crippen LogP contribution in [-0.4, -0.2) is 34.2 Å². The number of hydrogen-bond donors (Lipinski definition) is 0. The molecule has 0 saturated carbocycles. The Morgan fingerprint density at radius 3 is 0.745 bits per heavy atom. The van der Waals surface area contributed by atoms with Crippen molar-refractivity contribution in [1.29, 1.82) is 0 Å². The van der Waals surface area contributed by atoms with E-state index in [9.17, 15) is 0 Å². The molecular weight excluding hydrogens is 675 g/mol. The maximum Gasteiger partial charge on any atom is 0.0965 e. The molecule has 0 spiro atoms. The second kappa shape index (κ2) is 15.5. The van der Waals surface area contributed by atoms with E-state index in [1.165, 1.54) is 0 Å². The van der Waals surface area contributed by atoms with Crippen LogP contribution in [0.15, 0.2) is 200 Å². The maximum absolute atomic E-state index is 5.26. The van der Waals surface area contributed by atoms with Crippen LogP contribution in [0.5, 0.6) is 0 Å². The second-order valence-electron chi connectivity index (χ2n) is 13.5. The van der Waals surface area contributed by atoms with Crippen LogP contribution in [0.1, 0.15) is 0 Å². The molecule has 0 radical (unpaired) electrons. The molecule has 7 nitrogen and oxygen atoms in total. The van der Waals surface area contributed by atoms with Gasteiger partial charge in [0.2, 0.25) is 0 Å². The van der Waals surface area contributed by atoms with Gasteiger partial charge in [0, 0.05) is 16.7 Å². The number of rotatable bonds is 12. The van der Waals surface area contributed by atoms with Gasteiger partial charge in [-0.15, -0.1) is 0 Å². The highest BCUT2D eigenvalue weighted by Gasteiger charge is 2.21. The van der Waals surface area contributed by atoms with E-state index in [-0.39, 0.29) is 0 Å². The molecule has 0 aliphatic heterocycles. The van der Waals surface area contributed by atoms with E-state index in [0.717, 1.165) is 67.5 Å². The van der Waals surface area contributed by atoms with Gasteiger partial charge < -0.3 is 0 Å². The summed E-state index contributed by atoms with van der Waals surface area (Å²) < 4.78 is 6.35. The minimum Gasteiger partial charge on any atom is -0.250 e. The molecule has 0 aliphatic carbocycles. The average molecular weight is 714 g/mol. The van der Waals surface area contributed by atoms with E-state index in [0.29, 0.717) is 20.0 Å². The van der Waals surface area contributed by atoms with E-state index >= 15 is 0 Å². The molecule has 0 amide bonds. The van der Waals surface area contributed by atoms with Gasteiger partial charge in [-0.3, -0.25) is 0 Å². The van der Waals surface area contributed by atoms with Crippen molar-refractivity contribution in [2.75, 3.05) is 0 Å².